The fourth-order valence-corrected chi connectivity index (χ4v) is 3.19. The first-order valence-electron chi connectivity index (χ1n) is 6.91. The third kappa shape index (κ3) is 2.97. The number of thiazole rings is 1. The van der Waals surface area contributed by atoms with E-state index in [-0.39, 0.29) is 5.91 Å². The number of H-pyrrole nitrogens is 1. The van der Waals surface area contributed by atoms with Crippen molar-refractivity contribution in [2.24, 2.45) is 0 Å². The molecule has 21 heavy (non-hydrogen) atoms. The van der Waals surface area contributed by atoms with Crippen LogP contribution in [0.15, 0.2) is 29.6 Å². The fourth-order valence-electron chi connectivity index (χ4n) is 2.49. The van der Waals surface area contributed by atoms with Gasteiger partial charge in [-0.05, 0) is 31.9 Å². The minimum absolute atomic E-state index is 0.00836. The number of fused-ring (bicyclic) bond motifs is 1. The van der Waals surface area contributed by atoms with Gasteiger partial charge in [-0.2, -0.15) is 0 Å². The van der Waals surface area contributed by atoms with Crippen LogP contribution in [0.25, 0.3) is 10.9 Å². The lowest BCUT2D eigenvalue weighted by Gasteiger charge is -2.03. The minimum atomic E-state index is 0.00836. The van der Waals surface area contributed by atoms with Crippen molar-refractivity contribution in [2.75, 3.05) is 5.32 Å². The second-order valence-electron chi connectivity index (χ2n) is 5.12. The second-order valence-corrected chi connectivity index (χ2v) is 5.97. The van der Waals surface area contributed by atoms with Gasteiger partial charge < -0.3 is 10.3 Å². The molecule has 0 aliphatic heterocycles. The van der Waals surface area contributed by atoms with Crippen LogP contribution in [0.1, 0.15) is 23.4 Å². The zero-order valence-electron chi connectivity index (χ0n) is 12.1. The van der Waals surface area contributed by atoms with Crippen LogP contribution in [0.3, 0.4) is 0 Å². The van der Waals surface area contributed by atoms with Crippen molar-refractivity contribution >= 4 is 33.3 Å². The molecule has 0 unspecified atom stereocenters. The molecule has 3 rings (SSSR count). The van der Waals surface area contributed by atoms with E-state index in [1.54, 1.807) is 0 Å². The number of anilines is 1. The van der Waals surface area contributed by atoms with Crippen LogP contribution in [0.4, 0.5) is 5.13 Å². The summed E-state index contributed by atoms with van der Waals surface area (Å²) in [4.78, 5) is 19.6. The summed E-state index contributed by atoms with van der Waals surface area (Å²) in [6.45, 7) is 3.97. The summed E-state index contributed by atoms with van der Waals surface area (Å²) in [6, 6.07) is 8.19. The van der Waals surface area contributed by atoms with Gasteiger partial charge in [-0.1, -0.05) is 18.2 Å². The Bertz CT molecular complexity index is 788. The molecule has 3 aromatic rings. The molecule has 4 nitrogen and oxygen atoms in total. The predicted molar refractivity (Wildman–Crippen MR) is 86.8 cm³/mol. The van der Waals surface area contributed by atoms with Crippen molar-refractivity contribution in [2.45, 2.75) is 26.7 Å². The van der Waals surface area contributed by atoms with Gasteiger partial charge in [0.1, 0.15) is 0 Å². The molecular weight excluding hydrogens is 282 g/mol. The van der Waals surface area contributed by atoms with E-state index in [0.29, 0.717) is 11.6 Å². The lowest BCUT2D eigenvalue weighted by Crippen LogP contribution is -2.12. The van der Waals surface area contributed by atoms with E-state index in [9.17, 15) is 4.79 Å². The molecule has 0 atom stereocenters. The van der Waals surface area contributed by atoms with Crippen molar-refractivity contribution in [3.63, 3.8) is 0 Å². The van der Waals surface area contributed by atoms with Gasteiger partial charge in [0.25, 0.3) is 0 Å². The summed E-state index contributed by atoms with van der Waals surface area (Å²) in [5.41, 5.74) is 4.41. The summed E-state index contributed by atoms with van der Waals surface area (Å²) in [5, 5.41) is 6.66. The third-order valence-electron chi connectivity index (χ3n) is 3.49. The number of hydrogen-bond donors (Lipinski definition) is 2. The summed E-state index contributed by atoms with van der Waals surface area (Å²) >= 11 is 1.46. The number of amides is 1. The van der Waals surface area contributed by atoms with Gasteiger partial charge in [0.15, 0.2) is 5.13 Å². The van der Waals surface area contributed by atoms with Crippen molar-refractivity contribution in [3.05, 3.63) is 46.6 Å². The van der Waals surface area contributed by atoms with E-state index in [4.69, 9.17) is 0 Å². The van der Waals surface area contributed by atoms with Crippen molar-refractivity contribution < 1.29 is 4.79 Å². The number of para-hydroxylation sites is 1. The molecule has 0 fully saturated rings. The van der Waals surface area contributed by atoms with Gasteiger partial charge in [0, 0.05) is 28.4 Å². The molecule has 1 amide bonds. The first-order valence-corrected chi connectivity index (χ1v) is 7.79. The van der Waals surface area contributed by atoms with Gasteiger partial charge in [0.05, 0.1) is 5.69 Å². The number of aromatic amines is 1. The summed E-state index contributed by atoms with van der Waals surface area (Å²) in [5.74, 6) is 0.00836. The van der Waals surface area contributed by atoms with Crippen LogP contribution in [0.2, 0.25) is 0 Å². The Balaban J connectivity index is 1.69. The van der Waals surface area contributed by atoms with Crippen LogP contribution in [-0.2, 0) is 11.2 Å². The van der Waals surface area contributed by atoms with E-state index in [2.05, 4.69) is 34.3 Å². The number of rotatable bonds is 4. The van der Waals surface area contributed by atoms with Crippen molar-refractivity contribution in [1.29, 1.82) is 0 Å². The van der Waals surface area contributed by atoms with Gasteiger partial charge >= 0.3 is 0 Å². The highest BCUT2D eigenvalue weighted by Crippen LogP contribution is 2.23. The zero-order valence-corrected chi connectivity index (χ0v) is 12.9. The Morgan fingerprint density at radius 2 is 2.14 bits per heavy atom. The molecule has 0 bridgehead atoms. The molecule has 0 aliphatic carbocycles. The predicted octanol–water partition coefficient (Wildman–Crippen LogP) is 3.81. The van der Waals surface area contributed by atoms with Crippen molar-refractivity contribution in [1.82, 2.24) is 9.97 Å². The number of carbonyl (C=O) groups excluding carboxylic acids is 1. The van der Waals surface area contributed by atoms with E-state index in [0.717, 1.165) is 23.3 Å². The van der Waals surface area contributed by atoms with Gasteiger partial charge in [-0.15, -0.1) is 11.3 Å². The van der Waals surface area contributed by atoms with Crippen LogP contribution in [0.5, 0.6) is 0 Å². The number of hydrogen-bond acceptors (Lipinski definition) is 3. The van der Waals surface area contributed by atoms with Gasteiger partial charge in [-0.25, -0.2) is 4.98 Å². The lowest BCUT2D eigenvalue weighted by molar-refractivity contribution is -0.116. The van der Waals surface area contributed by atoms with Crippen LogP contribution >= 0.6 is 11.3 Å². The molecule has 0 saturated heterocycles. The molecule has 0 saturated carbocycles. The SMILES string of the molecule is Cc1csc(NC(=O)CCc2c(C)[nH]c3ccccc23)n1. The first-order chi connectivity index (χ1) is 10.1. The highest BCUT2D eigenvalue weighted by molar-refractivity contribution is 7.13. The molecule has 108 valence electrons. The molecular formula is C16H17N3OS. The highest BCUT2D eigenvalue weighted by atomic mass is 32.1. The van der Waals surface area contributed by atoms with E-state index in [1.807, 2.05) is 24.4 Å². The number of nitrogens with one attached hydrogen (secondary N) is 2. The Hall–Kier alpha value is -2.14. The quantitative estimate of drug-likeness (QED) is 0.769. The maximum absolute atomic E-state index is 12.0. The minimum Gasteiger partial charge on any atom is -0.358 e. The molecule has 1 aromatic carbocycles. The number of nitrogens with zero attached hydrogens (tertiary/aromatic N) is 1. The summed E-state index contributed by atoms with van der Waals surface area (Å²) in [6.07, 6.45) is 1.19. The average molecular weight is 299 g/mol. The van der Waals surface area contributed by atoms with Gasteiger partial charge in [0.2, 0.25) is 5.91 Å². The van der Waals surface area contributed by atoms with E-state index < -0.39 is 0 Å². The largest absolute Gasteiger partial charge is 0.358 e. The maximum atomic E-state index is 12.0. The third-order valence-corrected chi connectivity index (χ3v) is 4.37. The number of aromatic nitrogens is 2. The zero-order chi connectivity index (χ0) is 14.8. The second kappa shape index (κ2) is 5.69. The highest BCUT2D eigenvalue weighted by Gasteiger charge is 2.11. The first kappa shape index (κ1) is 13.8. The molecule has 0 radical (unpaired) electrons. The van der Waals surface area contributed by atoms with Crippen molar-refractivity contribution in [3.8, 4) is 0 Å². The Labute approximate surface area is 127 Å². The fraction of sp³-hybridized carbons (Fsp3) is 0.250. The molecule has 0 spiro atoms. The normalized spacial score (nSPS) is 11.0. The van der Waals surface area contributed by atoms with Gasteiger partial charge in [-0.3, -0.25) is 4.79 Å². The molecule has 5 heteroatoms. The monoisotopic (exact) mass is 299 g/mol. The smallest absolute Gasteiger partial charge is 0.226 e. The maximum Gasteiger partial charge on any atom is 0.226 e. The molecule has 2 heterocycles. The Morgan fingerprint density at radius 1 is 1.33 bits per heavy atom. The number of carbonyl (C=O) groups is 1. The van der Waals surface area contributed by atoms with E-state index in [1.165, 1.54) is 22.3 Å². The standard InChI is InChI=1S/C16H17N3OS/c1-10-9-21-16(17-10)19-15(20)8-7-12-11(2)18-14-6-4-3-5-13(12)14/h3-6,9,18H,7-8H2,1-2H3,(H,17,19,20). The van der Waals surface area contributed by atoms with Crippen LogP contribution < -0.4 is 5.32 Å². The number of aryl methyl sites for hydroxylation is 3. The lowest BCUT2D eigenvalue weighted by atomic mass is 10.1. The number of benzene rings is 1. The van der Waals surface area contributed by atoms with Crippen LogP contribution in [0, 0.1) is 13.8 Å². The molecule has 0 aliphatic rings. The average Bonchev–Trinajstić information content (AvgIpc) is 2.99. The summed E-state index contributed by atoms with van der Waals surface area (Å²) in [7, 11) is 0. The molecule has 2 N–H and O–H groups in total. The van der Waals surface area contributed by atoms with E-state index >= 15 is 0 Å². The Kier molecular flexibility index (Phi) is 3.75. The molecule has 2 aromatic heterocycles. The van der Waals surface area contributed by atoms with Crippen LogP contribution in [-0.4, -0.2) is 15.9 Å². The summed E-state index contributed by atoms with van der Waals surface area (Å²) < 4.78 is 0. The Morgan fingerprint density at radius 3 is 2.90 bits per heavy atom. The topological polar surface area (TPSA) is 57.8 Å².